The number of rotatable bonds is 8. The van der Waals surface area contributed by atoms with Gasteiger partial charge in [0.15, 0.2) is 0 Å². The average molecular weight is 279 g/mol. The lowest BCUT2D eigenvalue weighted by molar-refractivity contribution is 0.366. The zero-order chi connectivity index (χ0) is 15.2. The van der Waals surface area contributed by atoms with Crippen LogP contribution in [0.3, 0.4) is 0 Å². The van der Waals surface area contributed by atoms with Gasteiger partial charge in [0.25, 0.3) is 0 Å². The predicted octanol–water partition coefficient (Wildman–Crippen LogP) is 3.83. The van der Waals surface area contributed by atoms with Crippen LogP contribution in [0.5, 0.6) is 11.5 Å². The van der Waals surface area contributed by atoms with Crippen LogP contribution in [0.25, 0.3) is 0 Å². The Morgan fingerprint density at radius 2 is 2.00 bits per heavy atom. The summed E-state index contributed by atoms with van der Waals surface area (Å²) in [6, 6.07) is 5.33. The number of phenolic OH excluding ortho intramolecular Hbond substituents is 1. The minimum atomic E-state index is -0.00742. The van der Waals surface area contributed by atoms with Crippen LogP contribution >= 0.6 is 0 Å². The molecule has 0 aliphatic heterocycles. The van der Waals surface area contributed by atoms with Gasteiger partial charge in [-0.3, -0.25) is 0 Å². The number of benzene rings is 1. The molecule has 1 rings (SSSR count). The quantitative estimate of drug-likeness (QED) is 0.760. The molecule has 1 atom stereocenters. The maximum Gasteiger partial charge on any atom is 0.122 e. The van der Waals surface area contributed by atoms with Crippen LogP contribution in [0, 0.1) is 5.92 Å². The van der Waals surface area contributed by atoms with E-state index in [0.717, 1.165) is 37.1 Å². The molecule has 114 valence electrons. The van der Waals surface area contributed by atoms with Gasteiger partial charge in [-0.2, -0.15) is 0 Å². The van der Waals surface area contributed by atoms with Crippen LogP contribution < -0.4 is 10.5 Å². The lowest BCUT2D eigenvalue weighted by Crippen LogP contribution is -2.18. The molecule has 3 nitrogen and oxygen atoms in total. The fourth-order valence-electron chi connectivity index (χ4n) is 2.68. The van der Waals surface area contributed by atoms with Crippen LogP contribution in [0.4, 0.5) is 0 Å². The molecule has 0 saturated carbocycles. The molecular weight excluding hydrogens is 250 g/mol. The van der Waals surface area contributed by atoms with Gasteiger partial charge in [-0.1, -0.05) is 33.6 Å². The van der Waals surface area contributed by atoms with Crippen molar-refractivity contribution in [2.24, 2.45) is 11.7 Å². The van der Waals surface area contributed by atoms with Crippen LogP contribution in [0.15, 0.2) is 18.2 Å². The first-order chi connectivity index (χ1) is 9.40. The lowest BCUT2D eigenvalue weighted by Gasteiger charge is -2.28. The highest BCUT2D eigenvalue weighted by molar-refractivity contribution is 5.43. The highest BCUT2D eigenvalue weighted by atomic mass is 16.5. The largest absolute Gasteiger partial charge is 0.508 e. The summed E-state index contributed by atoms with van der Waals surface area (Å²) in [6.07, 6.45) is 4.52. The summed E-state index contributed by atoms with van der Waals surface area (Å²) in [7, 11) is 1.68. The minimum Gasteiger partial charge on any atom is -0.508 e. The second-order valence-corrected chi connectivity index (χ2v) is 6.34. The molecular formula is C17H29NO2. The van der Waals surface area contributed by atoms with Crippen LogP contribution in [-0.2, 0) is 5.41 Å². The van der Waals surface area contributed by atoms with E-state index in [9.17, 15) is 5.11 Å². The Morgan fingerprint density at radius 3 is 2.60 bits per heavy atom. The van der Waals surface area contributed by atoms with Gasteiger partial charge in [0.05, 0.1) is 7.11 Å². The smallest absolute Gasteiger partial charge is 0.122 e. The highest BCUT2D eigenvalue weighted by Gasteiger charge is 2.24. The molecule has 3 heteroatoms. The molecule has 3 N–H and O–H groups in total. The van der Waals surface area contributed by atoms with Crippen LogP contribution in [0.2, 0.25) is 0 Å². The third-order valence-corrected chi connectivity index (χ3v) is 4.07. The van der Waals surface area contributed by atoms with E-state index in [1.807, 2.05) is 12.1 Å². The monoisotopic (exact) mass is 279 g/mol. The van der Waals surface area contributed by atoms with Crippen molar-refractivity contribution in [2.75, 3.05) is 13.7 Å². The molecule has 20 heavy (non-hydrogen) atoms. The predicted molar refractivity (Wildman–Crippen MR) is 84.4 cm³/mol. The SMILES string of the molecule is COc1ccc(O)cc1C(C)(C)CCCC(C)CCN. The van der Waals surface area contributed by atoms with E-state index < -0.39 is 0 Å². The first-order valence-electron chi connectivity index (χ1n) is 7.48. The summed E-state index contributed by atoms with van der Waals surface area (Å²) in [5.74, 6) is 1.83. The lowest BCUT2D eigenvalue weighted by atomic mass is 9.78. The van der Waals surface area contributed by atoms with Gasteiger partial charge in [0, 0.05) is 5.56 Å². The van der Waals surface area contributed by atoms with Crippen molar-refractivity contribution in [3.8, 4) is 11.5 Å². The molecule has 0 aromatic heterocycles. The second kappa shape index (κ2) is 7.53. The van der Waals surface area contributed by atoms with Gasteiger partial charge in [0.2, 0.25) is 0 Å². The molecule has 0 fully saturated rings. The van der Waals surface area contributed by atoms with E-state index in [0.29, 0.717) is 11.7 Å². The van der Waals surface area contributed by atoms with E-state index in [1.54, 1.807) is 13.2 Å². The topological polar surface area (TPSA) is 55.5 Å². The first-order valence-corrected chi connectivity index (χ1v) is 7.48. The normalized spacial score (nSPS) is 13.2. The van der Waals surface area contributed by atoms with E-state index in [2.05, 4.69) is 20.8 Å². The number of nitrogens with two attached hydrogens (primary N) is 1. The minimum absolute atomic E-state index is 0.00742. The first kappa shape index (κ1) is 16.8. The zero-order valence-electron chi connectivity index (χ0n) is 13.3. The number of ether oxygens (including phenoxy) is 1. The summed E-state index contributed by atoms with van der Waals surface area (Å²) in [6.45, 7) is 7.44. The van der Waals surface area contributed by atoms with E-state index in [1.165, 1.54) is 6.42 Å². The Kier molecular flexibility index (Phi) is 6.34. The number of hydrogen-bond acceptors (Lipinski definition) is 3. The Bertz CT molecular complexity index is 415. The fraction of sp³-hybridized carbons (Fsp3) is 0.647. The van der Waals surface area contributed by atoms with E-state index >= 15 is 0 Å². The summed E-state index contributed by atoms with van der Waals surface area (Å²) in [5.41, 5.74) is 6.66. The number of methoxy groups -OCH3 is 1. The van der Waals surface area contributed by atoms with Gasteiger partial charge < -0.3 is 15.6 Å². The van der Waals surface area contributed by atoms with Gasteiger partial charge in [-0.15, -0.1) is 0 Å². The zero-order valence-corrected chi connectivity index (χ0v) is 13.3. The van der Waals surface area contributed by atoms with Crippen molar-refractivity contribution in [3.05, 3.63) is 23.8 Å². The third-order valence-electron chi connectivity index (χ3n) is 4.07. The summed E-state index contributed by atoms with van der Waals surface area (Å²) in [4.78, 5) is 0. The van der Waals surface area contributed by atoms with E-state index in [4.69, 9.17) is 10.5 Å². The molecule has 0 radical (unpaired) electrons. The fourth-order valence-corrected chi connectivity index (χ4v) is 2.68. The number of phenols is 1. The van der Waals surface area contributed by atoms with Crippen molar-refractivity contribution in [1.29, 1.82) is 0 Å². The molecule has 1 aromatic rings. The second-order valence-electron chi connectivity index (χ2n) is 6.34. The van der Waals surface area contributed by atoms with E-state index in [-0.39, 0.29) is 5.41 Å². The van der Waals surface area contributed by atoms with Crippen molar-refractivity contribution >= 4 is 0 Å². The van der Waals surface area contributed by atoms with Crippen LogP contribution in [-0.4, -0.2) is 18.8 Å². The standard InChI is InChI=1S/C17H29NO2/c1-13(9-11-18)6-5-10-17(2,3)15-12-14(19)7-8-16(15)20-4/h7-8,12-13,19H,5-6,9-11,18H2,1-4H3. The Morgan fingerprint density at radius 1 is 1.30 bits per heavy atom. The molecule has 0 bridgehead atoms. The van der Waals surface area contributed by atoms with Crippen molar-refractivity contribution in [2.45, 2.75) is 51.9 Å². The maximum atomic E-state index is 9.71. The Hall–Kier alpha value is -1.22. The van der Waals surface area contributed by atoms with Gasteiger partial charge in [-0.25, -0.2) is 0 Å². The molecule has 0 amide bonds. The molecule has 1 aromatic carbocycles. The summed E-state index contributed by atoms with van der Waals surface area (Å²) < 4.78 is 5.43. The van der Waals surface area contributed by atoms with Gasteiger partial charge in [0.1, 0.15) is 11.5 Å². The molecule has 0 aliphatic rings. The van der Waals surface area contributed by atoms with Crippen LogP contribution in [0.1, 0.15) is 52.0 Å². The Balaban J connectivity index is 2.70. The van der Waals surface area contributed by atoms with Gasteiger partial charge >= 0.3 is 0 Å². The molecule has 0 aliphatic carbocycles. The Labute approximate surface area is 123 Å². The third kappa shape index (κ3) is 4.71. The summed E-state index contributed by atoms with van der Waals surface area (Å²) >= 11 is 0. The molecule has 0 spiro atoms. The van der Waals surface area contributed by atoms with Crippen molar-refractivity contribution < 1.29 is 9.84 Å². The molecule has 0 saturated heterocycles. The number of aromatic hydroxyl groups is 1. The average Bonchev–Trinajstić information content (AvgIpc) is 2.38. The van der Waals surface area contributed by atoms with Crippen molar-refractivity contribution in [1.82, 2.24) is 0 Å². The maximum absolute atomic E-state index is 9.71. The molecule has 0 heterocycles. The number of hydrogen-bond donors (Lipinski definition) is 2. The summed E-state index contributed by atoms with van der Waals surface area (Å²) in [5, 5.41) is 9.71. The van der Waals surface area contributed by atoms with Crippen molar-refractivity contribution in [3.63, 3.8) is 0 Å². The highest BCUT2D eigenvalue weighted by Crippen LogP contribution is 2.37. The van der Waals surface area contributed by atoms with Gasteiger partial charge in [-0.05, 0) is 48.9 Å². The molecule has 1 unspecified atom stereocenters.